The van der Waals surface area contributed by atoms with Gasteiger partial charge in [0.1, 0.15) is 5.84 Å². The number of nitrogens with zero attached hydrogens (tertiary/aromatic N) is 2. The van der Waals surface area contributed by atoms with Crippen LogP contribution < -0.4 is 5.32 Å². The molecule has 0 N–H and O–H groups in total. The number of rotatable bonds is 13. The second-order valence-electron chi connectivity index (χ2n) is 7.10. The van der Waals surface area contributed by atoms with Gasteiger partial charge in [-0.15, -0.1) is 0 Å². The predicted molar refractivity (Wildman–Crippen MR) is 120 cm³/mol. The van der Waals surface area contributed by atoms with Gasteiger partial charge in [0.05, 0.1) is 11.4 Å². The van der Waals surface area contributed by atoms with E-state index in [-0.39, 0.29) is 0 Å². The van der Waals surface area contributed by atoms with Gasteiger partial charge in [-0.05, 0) is 25.7 Å². The SMILES string of the molecule is CCCOCCCOCCCCC1=NC(c2ccccc2)=C(c2ccccc2)[N]1. The van der Waals surface area contributed by atoms with Gasteiger partial charge in [0.15, 0.2) is 0 Å². The predicted octanol–water partition coefficient (Wildman–Crippen LogP) is 5.53. The summed E-state index contributed by atoms with van der Waals surface area (Å²) >= 11 is 0. The first-order valence-corrected chi connectivity index (χ1v) is 10.7. The molecule has 0 saturated carbocycles. The third kappa shape index (κ3) is 6.84. The van der Waals surface area contributed by atoms with Gasteiger partial charge in [-0.1, -0.05) is 67.6 Å². The molecule has 1 aliphatic heterocycles. The lowest BCUT2D eigenvalue weighted by Gasteiger charge is -2.06. The lowest BCUT2D eigenvalue weighted by Crippen LogP contribution is -2.10. The Balaban J connectivity index is 1.46. The summed E-state index contributed by atoms with van der Waals surface area (Å²) in [7, 11) is 0. The van der Waals surface area contributed by atoms with Crippen LogP contribution >= 0.6 is 0 Å². The van der Waals surface area contributed by atoms with Crippen LogP contribution in [0.5, 0.6) is 0 Å². The number of unbranched alkanes of at least 4 members (excludes halogenated alkanes) is 1. The molecule has 1 aliphatic rings. The Bertz CT molecular complexity index is 785. The maximum absolute atomic E-state index is 5.70. The minimum absolute atomic E-state index is 0.771. The van der Waals surface area contributed by atoms with Gasteiger partial charge < -0.3 is 9.47 Å². The molecular weight excluding hydrogens is 360 g/mol. The number of ether oxygens (including phenoxy) is 2. The van der Waals surface area contributed by atoms with E-state index in [1.807, 2.05) is 36.4 Å². The fourth-order valence-electron chi connectivity index (χ4n) is 3.19. The average molecular weight is 392 g/mol. The van der Waals surface area contributed by atoms with Gasteiger partial charge in [-0.25, -0.2) is 10.3 Å². The second kappa shape index (κ2) is 12.2. The number of benzene rings is 2. The summed E-state index contributed by atoms with van der Waals surface area (Å²) < 4.78 is 11.2. The van der Waals surface area contributed by atoms with E-state index in [4.69, 9.17) is 19.8 Å². The Morgan fingerprint density at radius 2 is 1.24 bits per heavy atom. The van der Waals surface area contributed by atoms with Crippen LogP contribution in [0.4, 0.5) is 0 Å². The van der Waals surface area contributed by atoms with Crippen LogP contribution in [0.25, 0.3) is 11.4 Å². The topological polar surface area (TPSA) is 44.9 Å². The molecule has 0 fully saturated rings. The molecule has 0 amide bonds. The minimum Gasteiger partial charge on any atom is -0.381 e. The van der Waals surface area contributed by atoms with E-state index < -0.39 is 0 Å². The summed E-state index contributed by atoms with van der Waals surface area (Å²) in [6.45, 7) is 5.31. The Labute approximate surface area is 174 Å². The van der Waals surface area contributed by atoms with Crippen LogP contribution in [0.15, 0.2) is 65.7 Å². The van der Waals surface area contributed by atoms with E-state index in [1.54, 1.807) is 0 Å². The summed E-state index contributed by atoms with van der Waals surface area (Å²) in [6, 6.07) is 20.6. The van der Waals surface area contributed by atoms with Gasteiger partial charge in [0, 0.05) is 44.0 Å². The van der Waals surface area contributed by atoms with Gasteiger partial charge in [0.25, 0.3) is 0 Å². The van der Waals surface area contributed by atoms with Crippen LogP contribution in [0.1, 0.15) is 50.2 Å². The van der Waals surface area contributed by atoms with Crippen molar-refractivity contribution in [1.29, 1.82) is 0 Å². The molecule has 0 aromatic heterocycles. The Kier molecular flexibility index (Phi) is 8.95. The third-order valence-electron chi connectivity index (χ3n) is 4.67. The molecule has 0 bridgehead atoms. The third-order valence-corrected chi connectivity index (χ3v) is 4.67. The molecular formula is C25H31N2O2. The molecule has 3 rings (SSSR count). The first-order valence-electron chi connectivity index (χ1n) is 10.7. The zero-order chi connectivity index (χ0) is 20.2. The Morgan fingerprint density at radius 1 is 0.655 bits per heavy atom. The molecule has 0 saturated heterocycles. The standard InChI is InChI=1S/C25H31N2O2/c1-2-17-28-19-11-20-29-18-10-9-16-23-26-24(21-12-5-3-6-13-21)25(27-23)22-14-7-4-8-15-22/h3-8,12-15H,2,9-11,16-20H2,1H3. The lowest BCUT2D eigenvalue weighted by molar-refractivity contribution is 0.0816. The van der Waals surface area contributed by atoms with Crippen LogP contribution in [0, 0.1) is 0 Å². The van der Waals surface area contributed by atoms with E-state index in [1.165, 1.54) is 0 Å². The van der Waals surface area contributed by atoms with Crippen molar-refractivity contribution in [2.75, 3.05) is 26.4 Å². The van der Waals surface area contributed by atoms with Crippen molar-refractivity contribution < 1.29 is 9.47 Å². The Morgan fingerprint density at radius 3 is 1.90 bits per heavy atom. The van der Waals surface area contributed by atoms with E-state index in [0.29, 0.717) is 0 Å². The van der Waals surface area contributed by atoms with E-state index in [0.717, 1.165) is 86.9 Å². The highest BCUT2D eigenvalue weighted by Gasteiger charge is 2.21. The first kappa shape index (κ1) is 21.3. The quantitative estimate of drug-likeness (QED) is 0.421. The number of aliphatic imine (C=N–C) groups is 1. The number of amidine groups is 1. The highest BCUT2D eigenvalue weighted by molar-refractivity contribution is 6.07. The molecule has 0 spiro atoms. The summed E-state index contributed by atoms with van der Waals surface area (Å²) in [5.74, 6) is 0.913. The monoisotopic (exact) mass is 391 g/mol. The zero-order valence-corrected chi connectivity index (χ0v) is 17.3. The molecule has 2 aromatic carbocycles. The maximum Gasteiger partial charge on any atom is 0.129 e. The Hall–Kier alpha value is -2.43. The summed E-state index contributed by atoms with van der Waals surface area (Å²) in [6.07, 6.45) is 4.95. The molecule has 4 nitrogen and oxygen atoms in total. The minimum atomic E-state index is 0.771. The molecule has 153 valence electrons. The van der Waals surface area contributed by atoms with Crippen molar-refractivity contribution in [3.05, 3.63) is 71.8 Å². The molecule has 0 atom stereocenters. The van der Waals surface area contributed by atoms with Crippen LogP contribution in [0.3, 0.4) is 0 Å². The first-order chi connectivity index (χ1) is 14.4. The second-order valence-corrected chi connectivity index (χ2v) is 7.10. The van der Waals surface area contributed by atoms with E-state index >= 15 is 0 Å². The smallest absolute Gasteiger partial charge is 0.129 e. The van der Waals surface area contributed by atoms with Gasteiger partial charge in [0.2, 0.25) is 0 Å². The van der Waals surface area contributed by atoms with Crippen molar-refractivity contribution >= 4 is 17.2 Å². The molecule has 0 aliphatic carbocycles. The highest BCUT2D eigenvalue weighted by atomic mass is 16.5. The molecule has 2 aromatic rings. The van der Waals surface area contributed by atoms with Crippen LogP contribution in [-0.2, 0) is 9.47 Å². The summed E-state index contributed by atoms with van der Waals surface area (Å²) in [5, 5.41) is 4.86. The summed E-state index contributed by atoms with van der Waals surface area (Å²) in [4.78, 5) is 4.86. The van der Waals surface area contributed by atoms with Gasteiger partial charge in [-0.3, -0.25) is 0 Å². The van der Waals surface area contributed by atoms with Crippen molar-refractivity contribution in [2.24, 2.45) is 4.99 Å². The zero-order valence-electron chi connectivity index (χ0n) is 17.3. The van der Waals surface area contributed by atoms with Crippen molar-refractivity contribution in [1.82, 2.24) is 5.32 Å². The highest BCUT2D eigenvalue weighted by Crippen LogP contribution is 2.31. The van der Waals surface area contributed by atoms with Crippen molar-refractivity contribution in [3.63, 3.8) is 0 Å². The molecule has 29 heavy (non-hydrogen) atoms. The van der Waals surface area contributed by atoms with E-state index in [2.05, 4.69) is 31.2 Å². The van der Waals surface area contributed by atoms with Crippen LogP contribution in [-0.4, -0.2) is 32.3 Å². The fourth-order valence-corrected chi connectivity index (χ4v) is 3.19. The summed E-state index contributed by atoms with van der Waals surface area (Å²) in [5.41, 5.74) is 4.16. The largest absolute Gasteiger partial charge is 0.381 e. The molecule has 1 heterocycles. The normalized spacial score (nSPS) is 13.5. The average Bonchev–Trinajstić information content (AvgIpc) is 3.20. The fraction of sp³-hybridized carbons (Fsp3) is 0.400. The van der Waals surface area contributed by atoms with Crippen molar-refractivity contribution in [2.45, 2.75) is 39.0 Å². The van der Waals surface area contributed by atoms with Gasteiger partial charge >= 0.3 is 0 Å². The molecule has 4 heteroatoms. The maximum atomic E-state index is 5.70. The number of hydrogen-bond donors (Lipinski definition) is 0. The van der Waals surface area contributed by atoms with Gasteiger partial charge in [-0.2, -0.15) is 0 Å². The molecule has 0 unspecified atom stereocenters. The van der Waals surface area contributed by atoms with Crippen molar-refractivity contribution in [3.8, 4) is 0 Å². The lowest BCUT2D eigenvalue weighted by atomic mass is 10.1. The molecule has 1 radical (unpaired) electrons. The van der Waals surface area contributed by atoms with E-state index in [9.17, 15) is 0 Å². The van der Waals surface area contributed by atoms with Crippen LogP contribution in [0.2, 0.25) is 0 Å². The number of hydrogen-bond acceptors (Lipinski definition) is 3.